The van der Waals surface area contributed by atoms with E-state index < -0.39 is 9.05 Å². The predicted molar refractivity (Wildman–Crippen MR) is 74.2 cm³/mol. The van der Waals surface area contributed by atoms with E-state index in [1.807, 2.05) is 0 Å². The van der Waals surface area contributed by atoms with Crippen LogP contribution >= 0.6 is 33.9 Å². The third-order valence-corrected chi connectivity index (χ3v) is 4.87. The van der Waals surface area contributed by atoms with E-state index >= 15 is 0 Å². The minimum atomic E-state index is -3.98. The van der Waals surface area contributed by atoms with Crippen LogP contribution in [-0.2, 0) is 9.05 Å². The zero-order valence-corrected chi connectivity index (χ0v) is 12.9. The lowest BCUT2D eigenvalue weighted by Gasteiger charge is -2.00. The van der Waals surface area contributed by atoms with Crippen LogP contribution in [0, 0.1) is 0 Å². The van der Waals surface area contributed by atoms with Crippen molar-refractivity contribution in [1.29, 1.82) is 0 Å². The second-order valence-electron chi connectivity index (χ2n) is 4.34. The Morgan fingerprint density at radius 2 is 1.90 bits per heavy atom. The van der Waals surface area contributed by atoms with Crippen molar-refractivity contribution in [2.45, 2.75) is 23.7 Å². The zero-order chi connectivity index (χ0) is 14.5. The largest absolute Gasteiger partial charge is 0.266 e. The second-order valence-corrected chi connectivity index (χ2v) is 7.59. The molecule has 0 amide bonds. The summed E-state index contributed by atoms with van der Waals surface area (Å²) in [5.41, 5.74) is 0.377. The molecule has 0 saturated heterocycles. The van der Waals surface area contributed by atoms with E-state index in [-0.39, 0.29) is 26.9 Å². The molecule has 0 spiro atoms. The quantitative estimate of drug-likeness (QED) is 0.793. The third kappa shape index (κ3) is 2.50. The van der Waals surface area contributed by atoms with Crippen molar-refractivity contribution in [3.63, 3.8) is 0 Å². The van der Waals surface area contributed by atoms with Gasteiger partial charge >= 0.3 is 0 Å². The molecule has 0 radical (unpaired) electrons. The van der Waals surface area contributed by atoms with Gasteiger partial charge in [-0.2, -0.15) is 5.10 Å². The number of aromatic nitrogens is 4. The first-order valence-corrected chi connectivity index (χ1v) is 8.67. The van der Waals surface area contributed by atoms with E-state index in [0.29, 0.717) is 5.69 Å². The van der Waals surface area contributed by atoms with Crippen molar-refractivity contribution in [3.8, 4) is 5.82 Å². The van der Waals surface area contributed by atoms with Gasteiger partial charge in [0.2, 0.25) is 0 Å². The van der Waals surface area contributed by atoms with Crippen molar-refractivity contribution in [3.05, 3.63) is 28.1 Å². The van der Waals surface area contributed by atoms with E-state index in [1.165, 1.54) is 16.8 Å². The molecule has 1 fully saturated rings. The van der Waals surface area contributed by atoms with Gasteiger partial charge in [-0.25, -0.2) is 13.1 Å². The summed E-state index contributed by atoms with van der Waals surface area (Å²) in [6, 6.07) is 3.04. The Kier molecular flexibility index (Phi) is 3.40. The molecule has 2 aromatic heterocycles. The van der Waals surface area contributed by atoms with Crippen molar-refractivity contribution < 1.29 is 8.42 Å². The van der Waals surface area contributed by atoms with Crippen LogP contribution in [0.4, 0.5) is 0 Å². The Balaban J connectivity index is 2.20. The van der Waals surface area contributed by atoms with E-state index in [0.717, 1.165) is 12.8 Å². The topological polar surface area (TPSA) is 77.7 Å². The maximum absolute atomic E-state index is 11.7. The molecule has 1 aliphatic rings. The van der Waals surface area contributed by atoms with Crippen LogP contribution in [0.5, 0.6) is 0 Å². The molecule has 2 heterocycles. The van der Waals surface area contributed by atoms with Crippen LogP contribution in [0.3, 0.4) is 0 Å². The summed E-state index contributed by atoms with van der Waals surface area (Å²) >= 11 is 11.8. The van der Waals surface area contributed by atoms with Gasteiger partial charge in [-0.05, 0) is 25.0 Å². The number of rotatable bonds is 3. The minimum absolute atomic E-state index is 0.0672. The van der Waals surface area contributed by atoms with Crippen molar-refractivity contribution >= 4 is 42.9 Å². The summed E-state index contributed by atoms with van der Waals surface area (Å²) in [4.78, 5) is -0.153. The first-order valence-electron chi connectivity index (χ1n) is 5.60. The van der Waals surface area contributed by atoms with E-state index in [9.17, 15) is 8.42 Å². The Labute approximate surface area is 129 Å². The summed E-state index contributed by atoms with van der Waals surface area (Å²) in [6.45, 7) is 0. The average Bonchev–Trinajstić information content (AvgIpc) is 3.13. The summed E-state index contributed by atoms with van der Waals surface area (Å²) in [5.74, 6) is 0.338. The fourth-order valence-corrected chi connectivity index (χ4v) is 3.77. The van der Waals surface area contributed by atoms with Crippen LogP contribution in [0.25, 0.3) is 5.82 Å². The van der Waals surface area contributed by atoms with Gasteiger partial charge in [-0.1, -0.05) is 23.2 Å². The molecule has 20 heavy (non-hydrogen) atoms. The van der Waals surface area contributed by atoms with E-state index in [2.05, 4.69) is 15.3 Å². The van der Waals surface area contributed by atoms with Gasteiger partial charge in [0.15, 0.2) is 16.1 Å². The number of hydrogen-bond acceptors (Lipinski definition) is 5. The maximum Gasteiger partial charge on any atom is 0.266 e. The van der Waals surface area contributed by atoms with E-state index in [4.69, 9.17) is 33.9 Å². The fraction of sp³-hybridized carbons (Fsp3) is 0.300. The molecule has 0 bridgehead atoms. The molecule has 1 saturated carbocycles. The summed E-state index contributed by atoms with van der Waals surface area (Å²) in [6.07, 6.45) is 1.72. The van der Waals surface area contributed by atoms with Crippen molar-refractivity contribution in [2.75, 3.05) is 0 Å². The first-order chi connectivity index (χ1) is 9.38. The molecule has 10 heteroatoms. The highest BCUT2D eigenvalue weighted by atomic mass is 35.7. The molecule has 1 aliphatic carbocycles. The Morgan fingerprint density at radius 1 is 1.20 bits per heavy atom. The fourth-order valence-electron chi connectivity index (χ4n) is 1.82. The minimum Gasteiger partial charge on any atom is -0.207 e. The number of halogens is 3. The lowest BCUT2D eigenvalue weighted by Crippen LogP contribution is -2.01. The van der Waals surface area contributed by atoms with Crippen LogP contribution in [0.2, 0.25) is 10.3 Å². The maximum atomic E-state index is 11.7. The van der Waals surface area contributed by atoms with Crippen LogP contribution in [-0.4, -0.2) is 28.4 Å². The van der Waals surface area contributed by atoms with Gasteiger partial charge in [0.1, 0.15) is 4.90 Å². The molecule has 0 unspecified atom stereocenters. The molecular formula is C10H7Cl3N4O2S. The highest BCUT2D eigenvalue weighted by Crippen LogP contribution is 2.45. The highest BCUT2D eigenvalue weighted by Gasteiger charge is 2.36. The third-order valence-electron chi connectivity index (χ3n) is 2.86. The number of nitrogens with zero attached hydrogens (tertiary/aromatic N) is 4. The van der Waals surface area contributed by atoms with Gasteiger partial charge in [0.05, 0.1) is 5.69 Å². The average molecular weight is 354 g/mol. The zero-order valence-electron chi connectivity index (χ0n) is 9.79. The smallest absolute Gasteiger partial charge is 0.207 e. The monoisotopic (exact) mass is 352 g/mol. The van der Waals surface area contributed by atoms with Gasteiger partial charge in [-0.15, -0.1) is 10.2 Å². The molecule has 0 aromatic carbocycles. The van der Waals surface area contributed by atoms with Crippen LogP contribution in [0.1, 0.15) is 24.5 Å². The van der Waals surface area contributed by atoms with Crippen LogP contribution in [0.15, 0.2) is 17.0 Å². The normalized spacial score (nSPS) is 15.6. The summed E-state index contributed by atoms with van der Waals surface area (Å²) in [5, 5.41) is 11.8. The van der Waals surface area contributed by atoms with Gasteiger partial charge in [0, 0.05) is 16.6 Å². The van der Waals surface area contributed by atoms with Gasteiger partial charge in [-0.3, -0.25) is 0 Å². The van der Waals surface area contributed by atoms with Gasteiger partial charge in [0.25, 0.3) is 9.05 Å². The predicted octanol–water partition coefficient (Wildman–Crippen LogP) is 2.77. The molecular weight excluding hydrogens is 347 g/mol. The highest BCUT2D eigenvalue weighted by molar-refractivity contribution is 8.13. The van der Waals surface area contributed by atoms with Crippen molar-refractivity contribution in [1.82, 2.24) is 20.0 Å². The molecule has 3 rings (SSSR count). The van der Waals surface area contributed by atoms with Gasteiger partial charge < -0.3 is 0 Å². The molecule has 2 aromatic rings. The van der Waals surface area contributed by atoms with E-state index in [1.54, 1.807) is 0 Å². The Bertz CT molecular complexity index is 769. The Morgan fingerprint density at radius 3 is 2.40 bits per heavy atom. The molecule has 0 N–H and O–H groups in total. The lowest BCUT2D eigenvalue weighted by atomic mass is 10.3. The first kappa shape index (κ1) is 14.1. The lowest BCUT2D eigenvalue weighted by molar-refractivity contribution is 0.608. The Hall–Kier alpha value is -0.890. The summed E-state index contributed by atoms with van der Waals surface area (Å²) < 4.78 is 24.6. The van der Waals surface area contributed by atoms with Crippen molar-refractivity contribution in [2.24, 2.45) is 0 Å². The van der Waals surface area contributed by atoms with Crippen LogP contribution < -0.4 is 0 Å². The SMILES string of the molecule is O=S(=O)(Cl)c1c(C2CC2)nn(-c2ccc(Cl)nn2)c1Cl. The molecule has 0 aliphatic heterocycles. The standard InChI is InChI=1S/C10H7Cl3N4O2S/c11-6-3-4-7(15-14-6)17-10(12)9(20(13,18)19)8(16-17)5-1-2-5/h3-5H,1-2H2. The molecule has 106 valence electrons. The molecule has 6 nitrogen and oxygen atoms in total. The summed E-state index contributed by atoms with van der Waals surface area (Å²) in [7, 11) is 1.46. The molecule has 0 atom stereocenters. The second kappa shape index (κ2) is 4.84. The number of hydrogen-bond donors (Lipinski definition) is 0.